The minimum absolute atomic E-state index is 0.180. The summed E-state index contributed by atoms with van der Waals surface area (Å²) in [4.78, 5) is 24.7. The highest BCUT2D eigenvalue weighted by Crippen LogP contribution is 2.28. The molecule has 114 valence electrons. The number of benzene rings is 1. The van der Waals surface area contributed by atoms with Crippen LogP contribution in [0.25, 0.3) is 0 Å². The third kappa shape index (κ3) is 3.16. The number of amides is 1. The Labute approximate surface area is 127 Å². The van der Waals surface area contributed by atoms with Gasteiger partial charge in [-0.3, -0.25) is 14.9 Å². The van der Waals surface area contributed by atoms with Crippen molar-refractivity contribution in [2.45, 2.75) is 25.8 Å². The van der Waals surface area contributed by atoms with E-state index in [1.54, 1.807) is 4.90 Å². The van der Waals surface area contributed by atoms with Crippen LogP contribution in [0.15, 0.2) is 18.2 Å². The van der Waals surface area contributed by atoms with Crippen LogP contribution >= 0.6 is 11.6 Å². The zero-order chi connectivity index (χ0) is 15.6. The van der Waals surface area contributed by atoms with E-state index in [-0.39, 0.29) is 22.2 Å². The summed E-state index contributed by atoms with van der Waals surface area (Å²) >= 11 is 5.88. The van der Waals surface area contributed by atoms with Crippen LogP contribution in [0.4, 0.5) is 5.69 Å². The highest BCUT2D eigenvalue weighted by Gasteiger charge is 2.37. The van der Waals surface area contributed by atoms with E-state index in [0.29, 0.717) is 19.8 Å². The molecule has 0 aromatic heterocycles. The van der Waals surface area contributed by atoms with Crippen LogP contribution in [0.5, 0.6) is 0 Å². The first-order valence-electron chi connectivity index (χ1n) is 6.72. The van der Waals surface area contributed by atoms with E-state index >= 15 is 0 Å². The first-order valence-corrected chi connectivity index (χ1v) is 7.10. The molecule has 1 heterocycles. The maximum atomic E-state index is 12.7. The lowest BCUT2D eigenvalue weighted by atomic mass is 9.95. The van der Waals surface area contributed by atoms with E-state index in [1.807, 2.05) is 13.8 Å². The van der Waals surface area contributed by atoms with Crippen molar-refractivity contribution in [1.29, 1.82) is 0 Å². The maximum Gasteiger partial charge on any atom is 0.271 e. The number of carbonyl (C=O) groups excluding carboxylic acids is 1. The van der Waals surface area contributed by atoms with E-state index in [1.165, 1.54) is 18.2 Å². The van der Waals surface area contributed by atoms with Crippen LogP contribution in [0.2, 0.25) is 5.02 Å². The lowest BCUT2D eigenvalue weighted by Crippen LogP contribution is -2.57. The van der Waals surface area contributed by atoms with Gasteiger partial charge >= 0.3 is 0 Å². The summed E-state index contributed by atoms with van der Waals surface area (Å²) in [6.45, 7) is 5.31. The van der Waals surface area contributed by atoms with Crippen molar-refractivity contribution >= 4 is 23.2 Å². The highest BCUT2D eigenvalue weighted by atomic mass is 35.5. The van der Waals surface area contributed by atoms with E-state index in [2.05, 4.69) is 0 Å². The molecule has 1 aliphatic heterocycles. The summed E-state index contributed by atoms with van der Waals surface area (Å²) in [5, 5.41) is 11.1. The molecule has 1 amide bonds. The zero-order valence-electron chi connectivity index (χ0n) is 12.0. The maximum absolute atomic E-state index is 12.7. The number of rotatable bonds is 3. The summed E-state index contributed by atoms with van der Waals surface area (Å²) in [6.07, 6.45) is 0.737. The van der Waals surface area contributed by atoms with Crippen molar-refractivity contribution < 1.29 is 14.5 Å². The SMILES string of the molecule is CCC1(C)COCCN1C(=O)c1cc(Cl)cc([N+](=O)[O-])c1. The Hall–Kier alpha value is -1.66. The van der Waals surface area contributed by atoms with Crippen LogP contribution in [-0.2, 0) is 4.74 Å². The van der Waals surface area contributed by atoms with Crippen LogP contribution in [-0.4, -0.2) is 41.0 Å². The van der Waals surface area contributed by atoms with E-state index in [0.717, 1.165) is 6.42 Å². The van der Waals surface area contributed by atoms with Gasteiger partial charge in [0.25, 0.3) is 11.6 Å². The number of nitro groups is 1. The predicted molar refractivity (Wildman–Crippen MR) is 78.7 cm³/mol. The Morgan fingerprint density at radius 3 is 2.86 bits per heavy atom. The van der Waals surface area contributed by atoms with Crippen molar-refractivity contribution in [2.24, 2.45) is 0 Å². The predicted octanol–water partition coefficient (Wildman–Crippen LogP) is 2.89. The van der Waals surface area contributed by atoms with Gasteiger partial charge in [-0.1, -0.05) is 18.5 Å². The van der Waals surface area contributed by atoms with Gasteiger partial charge in [-0.2, -0.15) is 0 Å². The fourth-order valence-corrected chi connectivity index (χ4v) is 2.62. The van der Waals surface area contributed by atoms with Gasteiger partial charge in [0.2, 0.25) is 0 Å². The number of nitrogens with zero attached hydrogens (tertiary/aromatic N) is 2. The molecule has 1 unspecified atom stereocenters. The average molecular weight is 313 g/mol. The average Bonchev–Trinajstić information content (AvgIpc) is 2.46. The number of non-ortho nitro benzene ring substituents is 1. The Morgan fingerprint density at radius 1 is 1.52 bits per heavy atom. The molecular weight excluding hydrogens is 296 g/mol. The van der Waals surface area contributed by atoms with Gasteiger partial charge in [0, 0.05) is 29.3 Å². The molecule has 1 aromatic carbocycles. The van der Waals surface area contributed by atoms with Crippen molar-refractivity contribution in [1.82, 2.24) is 4.90 Å². The Bertz CT molecular complexity index is 578. The topological polar surface area (TPSA) is 72.7 Å². The number of carbonyl (C=O) groups is 1. The van der Waals surface area contributed by atoms with E-state index in [4.69, 9.17) is 16.3 Å². The molecule has 0 N–H and O–H groups in total. The molecular formula is C14H17ClN2O4. The van der Waals surface area contributed by atoms with Gasteiger partial charge < -0.3 is 9.64 Å². The van der Waals surface area contributed by atoms with Crippen LogP contribution < -0.4 is 0 Å². The monoisotopic (exact) mass is 312 g/mol. The van der Waals surface area contributed by atoms with E-state index in [9.17, 15) is 14.9 Å². The molecule has 7 heteroatoms. The molecule has 0 aliphatic carbocycles. The van der Waals surface area contributed by atoms with Crippen LogP contribution in [0.1, 0.15) is 30.6 Å². The second-order valence-electron chi connectivity index (χ2n) is 5.32. The smallest absolute Gasteiger partial charge is 0.271 e. The molecule has 1 atom stereocenters. The number of ether oxygens (including phenoxy) is 1. The Kier molecular flexibility index (Phi) is 4.49. The normalized spacial score (nSPS) is 22.1. The molecule has 0 spiro atoms. The van der Waals surface area contributed by atoms with Gasteiger partial charge in [0.1, 0.15) is 0 Å². The molecule has 0 bridgehead atoms. The molecule has 21 heavy (non-hydrogen) atoms. The number of nitro benzene ring substituents is 1. The van der Waals surface area contributed by atoms with Gasteiger partial charge in [0.05, 0.1) is 23.7 Å². The first-order chi connectivity index (χ1) is 9.87. The summed E-state index contributed by atoms with van der Waals surface area (Å²) < 4.78 is 5.45. The second kappa shape index (κ2) is 5.99. The summed E-state index contributed by atoms with van der Waals surface area (Å²) in [5.41, 5.74) is -0.361. The molecule has 1 aromatic rings. The molecule has 1 fully saturated rings. The third-order valence-corrected chi connectivity index (χ3v) is 4.09. The lowest BCUT2D eigenvalue weighted by Gasteiger charge is -2.44. The standard InChI is InChI=1S/C14H17ClN2O4/c1-3-14(2)9-21-5-4-16(14)13(18)10-6-11(15)8-12(7-10)17(19)20/h6-8H,3-5,9H2,1-2H3. The summed E-state index contributed by atoms with van der Waals surface area (Å²) in [7, 11) is 0. The van der Waals surface area contributed by atoms with Crippen LogP contribution in [0.3, 0.4) is 0 Å². The second-order valence-corrected chi connectivity index (χ2v) is 5.75. The largest absolute Gasteiger partial charge is 0.377 e. The Balaban J connectivity index is 2.37. The molecule has 1 aliphatic rings. The van der Waals surface area contributed by atoms with Gasteiger partial charge in [-0.15, -0.1) is 0 Å². The number of hydrogen-bond donors (Lipinski definition) is 0. The summed E-state index contributed by atoms with van der Waals surface area (Å²) in [6, 6.07) is 3.96. The molecule has 1 saturated heterocycles. The number of morpholine rings is 1. The first kappa shape index (κ1) is 15.7. The zero-order valence-corrected chi connectivity index (χ0v) is 12.7. The summed E-state index contributed by atoms with van der Waals surface area (Å²) in [5.74, 6) is -0.256. The van der Waals surface area contributed by atoms with E-state index < -0.39 is 10.5 Å². The fraction of sp³-hybridized carbons (Fsp3) is 0.500. The number of halogens is 1. The fourth-order valence-electron chi connectivity index (χ4n) is 2.39. The van der Waals surface area contributed by atoms with Crippen molar-refractivity contribution in [3.63, 3.8) is 0 Å². The minimum Gasteiger partial charge on any atom is -0.377 e. The number of hydrogen-bond acceptors (Lipinski definition) is 4. The molecule has 6 nitrogen and oxygen atoms in total. The Morgan fingerprint density at radius 2 is 2.24 bits per heavy atom. The van der Waals surface area contributed by atoms with Crippen molar-refractivity contribution in [2.75, 3.05) is 19.8 Å². The highest BCUT2D eigenvalue weighted by molar-refractivity contribution is 6.31. The molecule has 0 saturated carbocycles. The molecule has 0 radical (unpaired) electrons. The quantitative estimate of drug-likeness (QED) is 0.635. The minimum atomic E-state index is -0.555. The van der Waals surface area contributed by atoms with Crippen LogP contribution in [0, 0.1) is 10.1 Å². The van der Waals surface area contributed by atoms with Gasteiger partial charge in [-0.25, -0.2) is 0 Å². The molecule has 2 rings (SSSR count). The van der Waals surface area contributed by atoms with Crippen molar-refractivity contribution in [3.8, 4) is 0 Å². The third-order valence-electron chi connectivity index (χ3n) is 3.87. The lowest BCUT2D eigenvalue weighted by molar-refractivity contribution is -0.384. The van der Waals surface area contributed by atoms with Gasteiger partial charge in [0.15, 0.2) is 0 Å². The van der Waals surface area contributed by atoms with Crippen molar-refractivity contribution in [3.05, 3.63) is 38.9 Å². The van der Waals surface area contributed by atoms with Gasteiger partial charge in [-0.05, 0) is 19.4 Å².